The molecule has 0 bridgehead atoms. The number of benzene rings is 1. The highest BCUT2D eigenvalue weighted by molar-refractivity contribution is 6.31. The summed E-state index contributed by atoms with van der Waals surface area (Å²) >= 11 is 5.92. The van der Waals surface area contributed by atoms with Crippen LogP contribution in [0.15, 0.2) is 27.4 Å². The van der Waals surface area contributed by atoms with Crippen molar-refractivity contribution in [3.8, 4) is 0 Å². The number of fused-ring (bicyclic) bond motifs is 1. The van der Waals surface area contributed by atoms with Crippen LogP contribution in [0.25, 0.3) is 11.1 Å². The molecular weight excluding hydrogens is 354 g/mol. The van der Waals surface area contributed by atoms with Gasteiger partial charge >= 0.3 is 5.76 Å². The average Bonchev–Trinajstić information content (AvgIpc) is 2.76. The number of halogens is 1. The molecule has 0 radical (unpaired) electrons. The van der Waals surface area contributed by atoms with Gasteiger partial charge in [-0.2, -0.15) is 0 Å². The molecule has 6 nitrogen and oxygen atoms in total. The summed E-state index contributed by atoms with van der Waals surface area (Å²) in [7, 11) is 0. The van der Waals surface area contributed by atoms with E-state index in [1.165, 1.54) is 4.57 Å². The first kappa shape index (κ1) is 19.0. The van der Waals surface area contributed by atoms with Gasteiger partial charge in [-0.3, -0.25) is 9.36 Å². The van der Waals surface area contributed by atoms with Gasteiger partial charge in [0, 0.05) is 41.2 Å². The van der Waals surface area contributed by atoms with Gasteiger partial charge in [-0.1, -0.05) is 11.6 Å². The first-order valence-corrected chi connectivity index (χ1v) is 9.30. The second-order valence-electron chi connectivity index (χ2n) is 8.45. The molecule has 1 aromatic heterocycles. The van der Waals surface area contributed by atoms with Gasteiger partial charge in [0.25, 0.3) is 0 Å². The molecule has 0 saturated carbocycles. The zero-order valence-electron chi connectivity index (χ0n) is 15.7. The highest BCUT2D eigenvalue weighted by Gasteiger charge is 2.38. The van der Waals surface area contributed by atoms with E-state index in [0.717, 1.165) is 12.8 Å². The van der Waals surface area contributed by atoms with E-state index >= 15 is 0 Å². The van der Waals surface area contributed by atoms with E-state index in [0.29, 0.717) is 16.1 Å². The zero-order chi connectivity index (χ0) is 19.1. The van der Waals surface area contributed by atoms with Crippen LogP contribution in [-0.4, -0.2) is 27.6 Å². The number of carbonyl (C=O) groups is 1. The number of oxazole rings is 1. The van der Waals surface area contributed by atoms with E-state index in [1.54, 1.807) is 18.2 Å². The summed E-state index contributed by atoms with van der Waals surface area (Å²) in [6, 6.07) is 5.16. The maximum atomic E-state index is 12.4. The maximum absolute atomic E-state index is 12.4. The first-order chi connectivity index (χ1) is 12.0. The van der Waals surface area contributed by atoms with Crippen LogP contribution in [0.4, 0.5) is 0 Å². The van der Waals surface area contributed by atoms with Crippen LogP contribution < -0.4 is 16.4 Å². The summed E-state index contributed by atoms with van der Waals surface area (Å²) in [5.74, 6) is -0.530. The van der Waals surface area contributed by atoms with Gasteiger partial charge in [0.15, 0.2) is 5.58 Å². The molecule has 0 spiro atoms. The topological polar surface area (TPSA) is 76.3 Å². The molecule has 3 rings (SSSR count). The number of hydrogen-bond donors (Lipinski definition) is 2. The van der Waals surface area contributed by atoms with Crippen molar-refractivity contribution >= 4 is 28.6 Å². The van der Waals surface area contributed by atoms with E-state index in [4.69, 9.17) is 16.0 Å². The lowest BCUT2D eigenvalue weighted by atomic mass is 9.79. The molecule has 0 unspecified atom stereocenters. The van der Waals surface area contributed by atoms with Crippen molar-refractivity contribution in [1.82, 2.24) is 15.2 Å². The van der Waals surface area contributed by atoms with Crippen LogP contribution in [0, 0.1) is 0 Å². The van der Waals surface area contributed by atoms with Crippen molar-refractivity contribution in [3.05, 3.63) is 33.8 Å². The van der Waals surface area contributed by atoms with Gasteiger partial charge in [-0.05, 0) is 52.7 Å². The van der Waals surface area contributed by atoms with E-state index in [2.05, 4.69) is 38.3 Å². The minimum Gasteiger partial charge on any atom is -0.408 e. The molecule has 2 heterocycles. The van der Waals surface area contributed by atoms with Gasteiger partial charge < -0.3 is 15.1 Å². The molecule has 1 amide bonds. The van der Waals surface area contributed by atoms with Gasteiger partial charge in [-0.25, -0.2) is 4.79 Å². The Hall–Kier alpha value is -1.79. The monoisotopic (exact) mass is 379 g/mol. The predicted octanol–water partition coefficient (Wildman–Crippen LogP) is 3.06. The van der Waals surface area contributed by atoms with E-state index in [9.17, 15) is 9.59 Å². The summed E-state index contributed by atoms with van der Waals surface area (Å²) in [5, 5.41) is 7.23. The van der Waals surface area contributed by atoms with Crippen LogP contribution in [0.3, 0.4) is 0 Å². The molecule has 1 aliphatic heterocycles. The van der Waals surface area contributed by atoms with Crippen molar-refractivity contribution in [2.24, 2.45) is 0 Å². The smallest absolute Gasteiger partial charge is 0.408 e. The summed E-state index contributed by atoms with van der Waals surface area (Å²) in [6.07, 6.45) is 1.96. The second-order valence-corrected chi connectivity index (χ2v) is 8.88. The fourth-order valence-corrected chi connectivity index (χ4v) is 4.35. The van der Waals surface area contributed by atoms with E-state index in [-0.39, 0.29) is 36.0 Å². The minimum absolute atomic E-state index is 0.0311. The first-order valence-electron chi connectivity index (χ1n) is 8.92. The average molecular weight is 380 g/mol. The minimum atomic E-state index is -0.473. The molecule has 7 heteroatoms. The molecule has 1 aliphatic rings. The van der Waals surface area contributed by atoms with Gasteiger partial charge in [0.1, 0.15) is 0 Å². The fraction of sp³-hybridized carbons (Fsp3) is 0.579. The van der Waals surface area contributed by atoms with E-state index in [1.807, 2.05) is 0 Å². The van der Waals surface area contributed by atoms with Crippen LogP contribution >= 0.6 is 11.6 Å². The number of nitrogens with one attached hydrogen (secondary N) is 2. The van der Waals surface area contributed by atoms with Crippen molar-refractivity contribution in [3.63, 3.8) is 0 Å². The number of hydrogen-bond acceptors (Lipinski definition) is 4. The number of aromatic nitrogens is 1. The zero-order valence-corrected chi connectivity index (χ0v) is 16.4. The molecular formula is C19H26ClN3O3. The molecule has 0 atom stereocenters. The number of amides is 1. The third-order valence-electron chi connectivity index (χ3n) is 4.75. The molecule has 1 fully saturated rings. The quantitative estimate of drug-likeness (QED) is 0.855. The maximum Gasteiger partial charge on any atom is 0.419 e. The van der Waals surface area contributed by atoms with Crippen molar-refractivity contribution < 1.29 is 9.21 Å². The molecule has 0 aliphatic carbocycles. The van der Waals surface area contributed by atoms with Crippen LogP contribution in [0.5, 0.6) is 0 Å². The third-order valence-corrected chi connectivity index (χ3v) is 4.98. The summed E-state index contributed by atoms with van der Waals surface area (Å²) in [6.45, 7) is 8.87. The van der Waals surface area contributed by atoms with Gasteiger partial charge in [-0.15, -0.1) is 0 Å². The largest absolute Gasteiger partial charge is 0.419 e. The number of aryl methyl sites for hydroxylation is 1. The fourth-order valence-electron chi connectivity index (χ4n) is 4.19. The number of nitrogens with zero attached hydrogens (tertiary/aromatic N) is 1. The summed E-state index contributed by atoms with van der Waals surface area (Å²) in [5.41, 5.74) is 1.02. The van der Waals surface area contributed by atoms with Gasteiger partial charge in [0.2, 0.25) is 5.91 Å². The summed E-state index contributed by atoms with van der Waals surface area (Å²) < 4.78 is 6.67. The molecule has 26 heavy (non-hydrogen) atoms. The Kier molecular flexibility index (Phi) is 4.92. The predicted molar refractivity (Wildman–Crippen MR) is 103 cm³/mol. The normalized spacial score (nSPS) is 19.6. The summed E-state index contributed by atoms with van der Waals surface area (Å²) in [4.78, 5) is 24.5. The lowest BCUT2D eigenvalue weighted by Gasteiger charge is -2.46. The molecule has 142 valence electrons. The standard InChI is InChI=1S/C19H26ClN3O3/c1-18(2)10-13(11-19(3,4)22-18)21-16(24)7-8-23-14-6-5-12(20)9-15(14)26-17(23)25/h5-6,9,13,22H,7-8,10-11H2,1-4H3,(H,21,24). The van der Waals surface area contributed by atoms with Crippen molar-refractivity contribution in [1.29, 1.82) is 0 Å². The lowest BCUT2D eigenvalue weighted by Crippen LogP contribution is -2.62. The SMILES string of the molecule is CC1(C)CC(NC(=O)CCn2c(=O)oc3cc(Cl)ccc32)CC(C)(C)N1. The Labute approximate surface area is 157 Å². The van der Waals surface area contributed by atoms with Crippen LogP contribution in [0.1, 0.15) is 47.0 Å². The van der Waals surface area contributed by atoms with Gasteiger partial charge in [0.05, 0.1) is 5.52 Å². The Bertz CT molecular complexity index is 866. The second kappa shape index (κ2) is 6.74. The molecule has 2 aromatic rings. The van der Waals surface area contributed by atoms with Crippen LogP contribution in [-0.2, 0) is 11.3 Å². The lowest BCUT2D eigenvalue weighted by molar-refractivity contribution is -0.122. The van der Waals surface area contributed by atoms with E-state index < -0.39 is 5.76 Å². The molecule has 2 N–H and O–H groups in total. The Morgan fingerprint density at radius 3 is 2.62 bits per heavy atom. The number of rotatable bonds is 4. The Morgan fingerprint density at radius 2 is 1.96 bits per heavy atom. The molecule has 1 aromatic carbocycles. The third kappa shape index (κ3) is 4.30. The Balaban J connectivity index is 1.65. The van der Waals surface area contributed by atoms with Crippen molar-refractivity contribution in [2.45, 2.75) is 70.6 Å². The highest BCUT2D eigenvalue weighted by atomic mass is 35.5. The highest BCUT2D eigenvalue weighted by Crippen LogP contribution is 2.28. The van der Waals surface area contributed by atoms with Crippen LogP contribution in [0.2, 0.25) is 5.02 Å². The Morgan fingerprint density at radius 1 is 1.31 bits per heavy atom. The number of piperidine rings is 1. The molecule has 1 saturated heterocycles. The number of carbonyl (C=O) groups excluding carboxylic acids is 1. The van der Waals surface area contributed by atoms with Crippen molar-refractivity contribution in [2.75, 3.05) is 0 Å².